The lowest BCUT2D eigenvalue weighted by atomic mass is 9.84. The van der Waals surface area contributed by atoms with Gasteiger partial charge in [0.2, 0.25) is 15.9 Å². The number of amides is 1. The Morgan fingerprint density at radius 1 is 1.15 bits per heavy atom. The molecule has 0 aromatic carbocycles. The number of halogens is 1. The van der Waals surface area contributed by atoms with E-state index in [4.69, 9.17) is 10.3 Å². The van der Waals surface area contributed by atoms with Crippen LogP contribution in [0.15, 0.2) is 9.42 Å². The van der Waals surface area contributed by atoms with Gasteiger partial charge in [0.1, 0.15) is 10.6 Å². The Morgan fingerprint density at radius 2 is 1.78 bits per heavy atom. The van der Waals surface area contributed by atoms with Gasteiger partial charge in [-0.2, -0.15) is 4.31 Å². The van der Waals surface area contributed by atoms with Crippen LogP contribution in [-0.2, 0) is 14.8 Å². The van der Waals surface area contributed by atoms with Crippen molar-refractivity contribution < 1.29 is 17.7 Å². The number of nitrogens with two attached hydrogens (primary N) is 1. The highest BCUT2D eigenvalue weighted by atomic mass is 35.5. The van der Waals surface area contributed by atoms with Crippen molar-refractivity contribution in [3.63, 3.8) is 0 Å². The molecule has 1 saturated heterocycles. The number of sulfonamides is 1. The van der Waals surface area contributed by atoms with Crippen LogP contribution in [0.2, 0.25) is 0 Å². The number of fused-ring (bicyclic) bond motifs is 2. The fraction of sp³-hybridized carbons (Fsp3) is 0.765. The lowest BCUT2D eigenvalue weighted by Gasteiger charge is -2.37. The van der Waals surface area contributed by atoms with Crippen molar-refractivity contribution in [2.45, 2.75) is 44.0 Å². The van der Waals surface area contributed by atoms with Gasteiger partial charge in [0.25, 0.3) is 0 Å². The SMILES string of the molecule is Cc1noc(C)c1S(=O)(=O)N1CCN(C(=O)C2C3CCC(C3)C2N)CC1.Cl. The zero-order valence-corrected chi connectivity index (χ0v) is 17.3. The Labute approximate surface area is 165 Å². The number of carbonyl (C=O) groups excluding carboxylic acids is 1. The normalized spacial score (nSPS) is 31.1. The minimum absolute atomic E-state index is 0. The summed E-state index contributed by atoms with van der Waals surface area (Å²) in [5.74, 6) is 1.22. The van der Waals surface area contributed by atoms with E-state index < -0.39 is 10.0 Å². The maximum Gasteiger partial charge on any atom is 0.248 e. The maximum atomic E-state index is 12.9. The molecule has 1 aromatic heterocycles. The molecular weight excluding hydrogens is 392 g/mol. The third-order valence-corrected chi connectivity index (χ3v) is 8.53. The van der Waals surface area contributed by atoms with Crippen LogP contribution in [0.25, 0.3) is 0 Å². The summed E-state index contributed by atoms with van der Waals surface area (Å²) < 4.78 is 32.2. The second kappa shape index (κ2) is 7.35. The lowest BCUT2D eigenvalue weighted by Crippen LogP contribution is -2.54. The minimum atomic E-state index is -3.65. The van der Waals surface area contributed by atoms with Crippen molar-refractivity contribution in [3.8, 4) is 0 Å². The number of hydrogen-bond donors (Lipinski definition) is 1. The molecule has 8 nitrogen and oxygen atoms in total. The van der Waals surface area contributed by atoms with Crippen molar-refractivity contribution in [2.24, 2.45) is 23.5 Å². The third-order valence-electron chi connectivity index (χ3n) is 6.38. The quantitative estimate of drug-likeness (QED) is 0.781. The predicted octanol–water partition coefficient (Wildman–Crippen LogP) is 0.920. The third kappa shape index (κ3) is 3.28. The molecule has 3 aliphatic rings. The summed E-state index contributed by atoms with van der Waals surface area (Å²) >= 11 is 0. The summed E-state index contributed by atoms with van der Waals surface area (Å²) in [6.45, 7) is 4.61. The van der Waals surface area contributed by atoms with Gasteiger partial charge < -0.3 is 15.2 Å². The van der Waals surface area contributed by atoms with Gasteiger partial charge in [-0.25, -0.2) is 8.42 Å². The first-order valence-corrected chi connectivity index (χ1v) is 10.7. The molecular formula is C17H27ClN4O4S. The van der Waals surface area contributed by atoms with Gasteiger partial charge >= 0.3 is 0 Å². The van der Waals surface area contributed by atoms with E-state index in [1.165, 1.54) is 4.31 Å². The Bertz CT molecular complexity index is 797. The highest BCUT2D eigenvalue weighted by Gasteiger charge is 2.50. The molecule has 2 N–H and O–H groups in total. The first kappa shape index (κ1) is 20.6. The summed E-state index contributed by atoms with van der Waals surface area (Å²) in [4.78, 5) is 14.9. The van der Waals surface area contributed by atoms with Gasteiger partial charge in [0.15, 0.2) is 5.76 Å². The Hall–Kier alpha value is -1.16. The fourth-order valence-corrected chi connectivity index (χ4v) is 6.75. The zero-order valence-electron chi connectivity index (χ0n) is 15.6. The molecule has 0 radical (unpaired) electrons. The average Bonchev–Trinajstić information content (AvgIpc) is 3.29. The second-order valence-corrected chi connectivity index (χ2v) is 9.69. The van der Waals surface area contributed by atoms with Crippen LogP contribution in [0.5, 0.6) is 0 Å². The van der Waals surface area contributed by atoms with Crippen LogP contribution >= 0.6 is 12.4 Å². The highest BCUT2D eigenvalue weighted by molar-refractivity contribution is 7.89. The molecule has 2 saturated carbocycles. The number of aryl methyl sites for hydroxylation is 2. The average molecular weight is 419 g/mol. The molecule has 152 valence electrons. The summed E-state index contributed by atoms with van der Waals surface area (Å²) in [5, 5.41) is 3.74. The first-order chi connectivity index (χ1) is 12.3. The van der Waals surface area contributed by atoms with E-state index in [0.717, 1.165) is 19.3 Å². The van der Waals surface area contributed by atoms with Gasteiger partial charge in [-0.05, 0) is 44.9 Å². The molecule has 1 aromatic rings. The number of nitrogens with zero attached hydrogens (tertiary/aromatic N) is 3. The van der Waals surface area contributed by atoms with Crippen LogP contribution in [0.3, 0.4) is 0 Å². The predicted molar refractivity (Wildman–Crippen MR) is 101 cm³/mol. The van der Waals surface area contributed by atoms with Crippen molar-refractivity contribution in [1.29, 1.82) is 0 Å². The van der Waals surface area contributed by atoms with Crippen LogP contribution in [0.1, 0.15) is 30.7 Å². The van der Waals surface area contributed by atoms with E-state index in [-0.39, 0.29) is 48.3 Å². The summed E-state index contributed by atoms with van der Waals surface area (Å²) in [5.41, 5.74) is 6.66. The van der Waals surface area contributed by atoms with E-state index in [1.807, 2.05) is 0 Å². The van der Waals surface area contributed by atoms with Crippen LogP contribution < -0.4 is 5.73 Å². The minimum Gasteiger partial charge on any atom is -0.360 e. The second-order valence-electron chi connectivity index (χ2n) is 7.82. The van der Waals surface area contributed by atoms with E-state index in [0.29, 0.717) is 36.4 Å². The monoisotopic (exact) mass is 418 g/mol. The summed E-state index contributed by atoms with van der Waals surface area (Å²) in [7, 11) is -3.65. The molecule has 0 spiro atoms. The zero-order chi connectivity index (χ0) is 18.6. The molecule has 4 unspecified atom stereocenters. The largest absolute Gasteiger partial charge is 0.360 e. The van der Waals surface area contributed by atoms with Gasteiger partial charge in [0, 0.05) is 32.2 Å². The Morgan fingerprint density at radius 3 is 2.30 bits per heavy atom. The fourth-order valence-electron chi connectivity index (χ4n) is 5.03. The highest BCUT2D eigenvalue weighted by Crippen LogP contribution is 2.48. The summed E-state index contributed by atoms with van der Waals surface area (Å²) in [6.07, 6.45) is 3.30. The smallest absolute Gasteiger partial charge is 0.248 e. The maximum absolute atomic E-state index is 12.9. The molecule has 2 heterocycles. The molecule has 3 fully saturated rings. The molecule has 2 bridgehead atoms. The van der Waals surface area contributed by atoms with Crippen LogP contribution in [0, 0.1) is 31.6 Å². The van der Waals surface area contributed by atoms with Crippen molar-refractivity contribution in [2.75, 3.05) is 26.2 Å². The molecule has 2 aliphatic carbocycles. The molecule has 1 amide bonds. The molecule has 4 rings (SSSR count). The van der Waals surface area contributed by atoms with E-state index >= 15 is 0 Å². The van der Waals surface area contributed by atoms with Gasteiger partial charge in [-0.15, -0.1) is 12.4 Å². The summed E-state index contributed by atoms with van der Waals surface area (Å²) in [6, 6.07) is -0.0367. The Kier molecular flexibility index (Phi) is 5.60. The number of aromatic nitrogens is 1. The number of rotatable bonds is 3. The molecule has 1 aliphatic heterocycles. The molecule has 4 atom stereocenters. The van der Waals surface area contributed by atoms with Crippen LogP contribution in [0.4, 0.5) is 0 Å². The number of carbonyl (C=O) groups is 1. The topological polar surface area (TPSA) is 110 Å². The Balaban J connectivity index is 0.00000210. The first-order valence-electron chi connectivity index (χ1n) is 9.28. The van der Waals surface area contributed by atoms with E-state index in [2.05, 4.69) is 5.16 Å². The molecule has 27 heavy (non-hydrogen) atoms. The number of piperazine rings is 1. The van der Waals surface area contributed by atoms with Gasteiger partial charge in [-0.1, -0.05) is 5.16 Å². The van der Waals surface area contributed by atoms with Crippen molar-refractivity contribution in [1.82, 2.24) is 14.4 Å². The van der Waals surface area contributed by atoms with Crippen molar-refractivity contribution >= 4 is 28.3 Å². The van der Waals surface area contributed by atoms with Gasteiger partial charge in [0.05, 0.1) is 5.92 Å². The van der Waals surface area contributed by atoms with E-state index in [1.54, 1.807) is 18.7 Å². The number of hydrogen-bond acceptors (Lipinski definition) is 6. The lowest BCUT2D eigenvalue weighted by molar-refractivity contribution is -0.139. The standard InChI is InChI=1S/C17H26N4O4S.ClH/c1-10-16(11(2)25-19-10)26(23,24)21-7-5-20(6-8-21)17(22)14-12-3-4-13(9-12)15(14)18;/h12-15H,3-9,18H2,1-2H3;1H. The van der Waals surface area contributed by atoms with Gasteiger partial charge in [-0.3, -0.25) is 4.79 Å². The molecule has 10 heteroatoms. The van der Waals surface area contributed by atoms with Crippen molar-refractivity contribution in [3.05, 3.63) is 11.5 Å². The van der Waals surface area contributed by atoms with E-state index in [9.17, 15) is 13.2 Å². The van der Waals surface area contributed by atoms with Crippen LogP contribution in [-0.4, -0.2) is 60.9 Å².